The van der Waals surface area contributed by atoms with Crippen molar-refractivity contribution in [3.05, 3.63) is 76.3 Å². The topological polar surface area (TPSA) is 51.2 Å². The maximum Gasteiger partial charge on any atom is 0.255 e. The minimum atomic E-state index is -0.277. The lowest BCUT2D eigenvalue weighted by Crippen LogP contribution is -2.12. The maximum absolute atomic E-state index is 12.9. The molecule has 7 heteroatoms. The smallest absolute Gasteiger partial charge is 0.255 e. The van der Waals surface area contributed by atoms with Crippen LogP contribution in [0.2, 0.25) is 10.0 Å². The van der Waals surface area contributed by atoms with Gasteiger partial charge in [0.1, 0.15) is 10.8 Å². The zero-order valence-corrected chi connectivity index (χ0v) is 19.2. The van der Waals surface area contributed by atoms with Crippen molar-refractivity contribution in [1.29, 1.82) is 0 Å². The highest BCUT2D eigenvalue weighted by Crippen LogP contribution is 2.39. The fourth-order valence-electron chi connectivity index (χ4n) is 3.05. The van der Waals surface area contributed by atoms with E-state index in [0.717, 1.165) is 33.6 Å². The van der Waals surface area contributed by atoms with E-state index in [2.05, 4.69) is 17.2 Å². The van der Waals surface area contributed by atoms with Gasteiger partial charge in [-0.1, -0.05) is 54.7 Å². The first-order valence-electron chi connectivity index (χ1n) is 9.94. The van der Waals surface area contributed by atoms with Crippen molar-refractivity contribution in [1.82, 2.24) is 4.98 Å². The van der Waals surface area contributed by atoms with Crippen molar-refractivity contribution in [2.24, 2.45) is 0 Å². The van der Waals surface area contributed by atoms with Gasteiger partial charge in [-0.2, -0.15) is 0 Å². The number of fused-ring (bicyclic) bond motifs is 1. The number of carbonyl (C=O) groups excluding carboxylic acids is 1. The predicted octanol–water partition coefficient (Wildman–Crippen LogP) is 7.70. The average Bonchev–Trinajstić information content (AvgIpc) is 3.20. The molecular formula is C24H20Cl2N2O2S. The first kappa shape index (κ1) is 21.6. The van der Waals surface area contributed by atoms with Crippen molar-refractivity contribution in [2.45, 2.75) is 19.8 Å². The number of benzene rings is 3. The van der Waals surface area contributed by atoms with E-state index in [1.807, 2.05) is 30.3 Å². The van der Waals surface area contributed by atoms with Gasteiger partial charge >= 0.3 is 0 Å². The molecule has 4 rings (SSSR count). The summed E-state index contributed by atoms with van der Waals surface area (Å²) in [6, 6.07) is 18.4. The van der Waals surface area contributed by atoms with Gasteiger partial charge in [0, 0.05) is 11.1 Å². The first-order chi connectivity index (χ1) is 15.0. The van der Waals surface area contributed by atoms with Crippen LogP contribution in [0.5, 0.6) is 5.75 Å². The number of para-hydroxylation sites is 1. The molecule has 3 aromatic carbocycles. The molecule has 1 aromatic heterocycles. The standard InChI is InChI=1S/C24H20Cl2N2O2S/c1-2-3-11-30-16-8-6-7-15(12-16)23(29)27-21-13-17(18(25)14-19(21)26)24-28-20-9-4-5-10-22(20)31-24/h4-10,12-14H,2-3,11H2,1H3,(H,27,29). The van der Waals surface area contributed by atoms with Gasteiger partial charge in [0.05, 0.1) is 32.6 Å². The van der Waals surface area contributed by atoms with Gasteiger partial charge in [-0.15, -0.1) is 11.3 Å². The summed E-state index contributed by atoms with van der Waals surface area (Å²) in [7, 11) is 0. The summed E-state index contributed by atoms with van der Waals surface area (Å²) in [5.74, 6) is 0.388. The highest BCUT2D eigenvalue weighted by Gasteiger charge is 2.16. The molecular weight excluding hydrogens is 451 g/mol. The molecule has 0 atom stereocenters. The van der Waals surface area contributed by atoms with Crippen LogP contribution in [0.4, 0.5) is 5.69 Å². The third-order valence-corrected chi connectivity index (χ3v) is 6.39. The number of ether oxygens (including phenoxy) is 1. The van der Waals surface area contributed by atoms with Crippen molar-refractivity contribution >= 4 is 56.3 Å². The van der Waals surface area contributed by atoms with Gasteiger partial charge in [0.15, 0.2) is 0 Å². The van der Waals surface area contributed by atoms with Crippen LogP contribution in [0.3, 0.4) is 0 Å². The third kappa shape index (κ3) is 5.01. The van der Waals surface area contributed by atoms with E-state index in [9.17, 15) is 4.79 Å². The van der Waals surface area contributed by atoms with Gasteiger partial charge in [-0.3, -0.25) is 4.79 Å². The minimum absolute atomic E-state index is 0.277. The molecule has 1 amide bonds. The van der Waals surface area contributed by atoms with Gasteiger partial charge in [0.2, 0.25) is 0 Å². The van der Waals surface area contributed by atoms with Crippen LogP contribution < -0.4 is 10.1 Å². The van der Waals surface area contributed by atoms with E-state index in [4.69, 9.17) is 27.9 Å². The minimum Gasteiger partial charge on any atom is -0.494 e. The normalized spacial score (nSPS) is 10.9. The van der Waals surface area contributed by atoms with E-state index < -0.39 is 0 Å². The molecule has 0 aliphatic carbocycles. The molecule has 0 spiro atoms. The van der Waals surface area contributed by atoms with E-state index in [0.29, 0.717) is 33.7 Å². The van der Waals surface area contributed by atoms with E-state index in [1.54, 1.807) is 30.3 Å². The van der Waals surface area contributed by atoms with Crippen LogP contribution in [0.1, 0.15) is 30.1 Å². The molecule has 0 radical (unpaired) electrons. The van der Waals surface area contributed by atoms with Crippen LogP contribution >= 0.6 is 34.5 Å². The summed E-state index contributed by atoms with van der Waals surface area (Å²) < 4.78 is 6.77. The second-order valence-corrected chi connectivity index (χ2v) is 8.83. The molecule has 4 aromatic rings. The summed E-state index contributed by atoms with van der Waals surface area (Å²) in [4.78, 5) is 17.5. The molecule has 31 heavy (non-hydrogen) atoms. The number of hydrogen-bond acceptors (Lipinski definition) is 4. The highest BCUT2D eigenvalue weighted by molar-refractivity contribution is 7.21. The molecule has 0 aliphatic heterocycles. The first-order valence-corrected chi connectivity index (χ1v) is 11.5. The molecule has 0 saturated carbocycles. The summed E-state index contributed by atoms with van der Waals surface area (Å²) in [5.41, 5.74) is 2.59. The third-order valence-electron chi connectivity index (χ3n) is 4.69. The zero-order valence-electron chi connectivity index (χ0n) is 16.8. The number of amides is 1. The molecule has 0 unspecified atom stereocenters. The summed E-state index contributed by atoms with van der Waals surface area (Å²) >= 11 is 14.4. The van der Waals surface area contributed by atoms with Crippen molar-refractivity contribution in [2.75, 3.05) is 11.9 Å². The quantitative estimate of drug-likeness (QED) is 0.281. The number of nitrogens with zero attached hydrogens (tertiary/aromatic N) is 1. The van der Waals surface area contributed by atoms with Gasteiger partial charge in [0.25, 0.3) is 5.91 Å². The number of thiazole rings is 1. The molecule has 1 heterocycles. The van der Waals surface area contributed by atoms with Crippen LogP contribution in [0, 0.1) is 0 Å². The number of unbranched alkanes of at least 4 members (excludes halogenated alkanes) is 1. The Labute approximate surface area is 194 Å². The lowest BCUT2D eigenvalue weighted by atomic mass is 10.1. The SMILES string of the molecule is CCCCOc1cccc(C(=O)Nc2cc(-c3nc4ccccc4s3)c(Cl)cc2Cl)c1. The number of rotatable bonds is 7. The second-order valence-electron chi connectivity index (χ2n) is 6.98. The molecule has 158 valence electrons. The van der Waals surface area contributed by atoms with Crippen molar-refractivity contribution in [3.8, 4) is 16.3 Å². The van der Waals surface area contributed by atoms with Gasteiger partial charge < -0.3 is 10.1 Å². The van der Waals surface area contributed by atoms with Crippen molar-refractivity contribution < 1.29 is 9.53 Å². The fourth-order valence-corrected chi connectivity index (χ4v) is 4.62. The number of hydrogen-bond donors (Lipinski definition) is 1. The largest absolute Gasteiger partial charge is 0.494 e. The Morgan fingerprint density at radius 2 is 1.90 bits per heavy atom. The lowest BCUT2D eigenvalue weighted by Gasteiger charge is -2.11. The second kappa shape index (κ2) is 9.69. The van der Waals surface area contributed by atoms with Crippen molar-refractivity contribution in [3.63, 3.8) is 0 Å². The van der Waals surface area contributed by atoms with Crippen LogP contribution in [0.15, 0.2) is 60.7 Å². The Kier molecular flexibility index (Phi) is 6.76. The Hall–Kier alpha value is -2.60. The lowest BCUT2D eigenvalue weighted by molar-refractivity contribution is 0.102. The average molecular weight is 471 g/mol. The highest BCUT2D eigenvalue weighted by atomic mass is 35.5. The van der Waals surface area contributed by atoms with Gasteiger partial charge in [-0.25, -0.2) is 4.98 Å². The number of carbonyl (C=O) groups is 1. The molecule has 1 N–H and O–H groups in total. The summed E-state index contributed by atoms with van der Waals surface area (Å²) in [6.07, 6.45) is 2.01. The van der Waals surface area contributed by atoms with Gasteiger partial charge in [-0.05, 0) is 48.9 Å². The molecule has 0 fully saturated rings. The maximum atomic E-state index is 12.9. The van der Waals surface area contributed by atoms with E-state index in [-0.39, 0.29) is 5.91 Å². The molecule has 0 saturated heterocycles. The number of nitrogens with one attached hydrogen (secondary N) is 1. The zero-order chi connectivity index (χ0) is 21.8. The van der Waals surface area contributed by atoms with Crippen LogP contribution in [-0.2, 0) is 0 Å². The number of anilines is 1. The predicted molar refractivity (Wildman–Crippen MR) is 130 cm³/mol. The number of halogens is 2. The van der Waals surface area contributed by atoms with Crippen LogP contribution in [0.25, 0.3) is 20.8 Å². The summed E-state index contributed by atoms with van der Waals surface area (Å²) in [5, 5.41) is 4.49. The Morgan fingerprint density at radius 3 is 2.71 bits per heavy atom. The Morgan fingerprint density at radius 1 is 1.06 bits per heavy atom. The summed E-state index contributed by atoms with van der Waals surface area (Å²) in [6.45, 7) is 2.72. The molecule has 4 nitrogen and oxygen atoms in total. The molecule has 0 bridgehead atoms. The van der Waals surface area contributed by atoms with Crippen LogP contribution in [-0.4, -0.2) is 17.5 Å². The fraction of sp³-hybridized carbons (Fsp3) is 0.167. The Balaban J connectivity index is 1.59. The van der Waals surface area contributed by atoms with E-state index >= 15 is 0 Å². The molecule has 0 aliphatic rings. The van der Waals surface area contributed by atoms with E-state index in [1.165, 1.54) is 11.3 Å². The monoisotopic (exact) mass is 470 g/mol. The number of aromatic nitrogens is 1. The Bertz CT molecular complexity index is 1210.